The molecule has 3 N–H and O–H groups in total. The largest absolute Gasteiger partial charge is 0.351 e. The van der Waals surface area contributed by atoms with Crippen molar-refractivity contribution in [1.29, 1.82) is 0 Å². The van der Waals surface area contributed by atoms with Crippen LogP contribution in [-0.4, -0.2) is 41.9 Å². The minimum atomic E-state index is 0. The van der Waals surface area contributed by atoms with Crippen molar-refractivity contribution in [1.82, 2.24) is 10.2 Å². The molecule has 0 radical (unpaired) electrons. The summed E-state index contributed by atoms with van der Waals surface area (Å²) in [7, 11) is 0. The summed E-state index contributed by atoms with van der Waals surface area (Å²) in [5, 5.41) is 3.19. The number of nitrogens with zero attached hydrogens (tertiary/aromatic N) is 1. The molecule has 3 rings (SSSR count). The Morgan fingerprint density at radius 3 is 2.43 bits per heavy atom. The number of hydrogen-bond acceptors (Lipinski definition) is 3. The molecule has 0 aromatic carbocycles. The van der Waals surface area contributed by atoms with Crippen LogP contribution in [0.25, 0.3) is 0 Å². The van der Waals surface area contributed by atoms with Crippen molar-refractivity contribution < 1.29 is 9.59 Å². The fourth-order valence-corrected chi connectivity index (χ4v) is 4.65. The molecule has 1 aliphatic heterocycles. The van der Waals surface area contributed by atoms with Crippen molar-refractivity contribution in [3.8, 4) is 0 Å². The highest BCUT2D eigenvalue weighted by Gasteiger charge is 2.41. The highest BCUT2D eigenvalue weighted by atomic mass is 35.5. The van der Waals surface area contributed by atoms with Crippen LogP contribution in [0.2, 0.25) is 0 Å². The number of nitrogens with one attached hydrogen (secondary N) is 1. The van der Waals surface area contributed by atoms with Gasteiger partial charge in [-0.15, -0.1) is 12.4 Å². The summed E-state index contributed by atoms with van der Waals surface area (Å²) < 4.78 is 0. The van der Waals surface area contributed by atoms with Crippen molar-refractivity contribution in [3.05, 3.63) is 0 Å². The first kappa shape index (κ1) is 18.5. The van der Waals surface area contributed by atoms with E-state index < -0.39 is 0 Å². The fourth-order valence-electron chi connectivity index (χ4n) is 4.65. The lowest BCUT2D eigenvalue weighted by molar-refractivity contribution is -0.131. The molecule has 1 heterocycles. The summed E-state index contributed by atoms with van der Waals surface area (Å²) in [6, 6.07) is 0.445. The van der Waals surface area contributed by atoms with Crippen LogP contribution in [0.4, 0.5) is 0 Å². The zero-order valence-electron chi connectivity index (χ0n) is 14.0. The van der Waals surface area contributed by atoms with Gasteiger partial charge in [-0.3, -0.25) is 9.59 Å². The molecule has 132 valence electrons. The van der Waals surface area contributed by atoms with Gasteiger partial charge in [0, 0.05) is 37.5 Å². The summed E-state index contributed by atoms with van der Waals surface area (Å²) in [6.45, 7) is 3.34. The highest BCUT2D eigenvalue weighted by Crippen LogP contribution is 2.41. The summed E-state index contributed by atoms with van der Waals surface area (Å²) in [4.78, 5) is 26.2. The number of hydrogen-bond donors (Lipinski definition) is 2. The number of likely N-dealkylation sites (tertiary alicyclic amines) is 1. The van der Waals surface area contributed by atoms with Crippen molar-refractivity contribution >= 4 is 24.2 Å². The molecule has 2 bridgehead atoms. The predicted molar refractivity (Wildman–Crippen MR) is 92.2 cm³/mol. The van der Waals surface area contributed by atoms with Gasteiger partial charge in [0.1, 0.15) is 0 Å². The summed E-state index contributed by atoms with van der Waals surface area (Å²) in [6.07, 6.45) is 6.98. The van der Waals surface area contributed by atoms with E-state index in [2.05, 4.69) is 5.32 Å². The van der Waals surface area contributed by atoms with Crippen LogP contribution in [0.5, 0.6) is 0 Å². The van der Waals surface area contributed by atoms with Crippen LogP contribution in [-0.2, 0) is 9.59 Å². The second kappa shape index (κ2) is 7.84. The van der Waals surface area contributed by atoms with Crippen molar-refractivity contribution in [2.24, 2.45) is 23.5 Å². The minimum Gasteiger partial charge on any atom is -0.351 e. The molecule has 2 aliphatic carbocycles. The zero-order chi connectivity index (χ0) is 15.7. The Labute approximate surface area is 145 Å². The molecular formula is C17H30ClN3O2. The highest BCUT2D eigenvalue weighted by molar-refractivity contribution is 5.85. The van der Waals surface area contributed by atoms with E-state index in [0.717, 1.165) is 25.8 Å². The Bertz CT molecular complexity index is 432. The van der Waals surface area contributed by atoms with Gasteiger partial charge in [0.05, 0.1) is 0 Å². The smallest absolute Gasteiger partial charge is 0.223 e. The monoisotopic (exact) mass is 343 g/mol. The fraction of sp³-hybridized carbons (Fsp3) is 0.882. The summed E-state index contributed by atoms with van der Waals surface area (Å²) in [5.41, 5.74) is 6.30. The Balaban J connectivity index is 0.00000192. The molecule has 3 atom stereocenters. The van der Waals surface area contributed by atoms with Gasteiger partial charge in [-0.2, -0.15) is 0 Å². The first-order valence-electron chi connectivity index (χ1n) is 8.92. The molecule has 2 amide bonds. The Morgan fingerprint density at radius 1 is 1.17 bits per heavy atom. The van der Waals surface area contributed by atoms with Crippen LogP contribution in [0.3, 0.4) is 0 Å². The van der Waals surface area contributed by atoms with E-state index in [-0.39, 0.29) is 36.2 Å². The van der Waals surface area contributed by atoms with E-state index >= 15 is 0 Å². The Hall–Kier alpha value is -0.810. The van der Waals surface area contributed by atoms with Gasteiger partial charge in [0.2, 0.25) is 11.8 Å². The van der Waals surface area contributed by atoms with Crippen molar-refractivity contribution in [2.75, 3.05) is 13.1 Å². The lowest BCUT2D eigenvalue weighted by Crippen LogP contribution is -2.50. The Morgan fingerprint density at radius 2 is 1.83 bits per heavy atom. The Kier molecular flexibility index (Phi) is 6.32. The third kappa shape index (κ3) is 4.00. The van der Waals surface area contributed by atoms with E-state index in [9.17, 15) is 9.59 Å². The molecule has 0 aromatic heterocycles. The molecular weight excluding hydrogens is 314 g/mol. The van der Waals surface area contributed by atoms with Gasteiger partial charge in [-0.1, -0.05) is 13.3 Å². The lowest BCUT2D eigenvalue weighted by Gasteiger charge is -2.43. The summed E-state index contributed by atoms with van der Waals surface area (Å²) in [5.74, 6) is 1.58. The molecule has 0 spiro atoms. The second-order valence-corrected chi connectivity index (χ2v) is 7.38. The van der Waals surface area contributed by atoms with E-state index in [1.54, 1.807) is 0 Å². The van der Waals surface area contributed by atoms with Crippen LogP contribution < -0.4 is 11.1 Å². The molecule has 3 aliphatic rings. The standard InChI is InChI=1S/C17H29N3O2.ClH/c1-2-15(21)20-7-6-14(10-20)19-17(22)13-8-11-4-3-5-12(9-13)16(11)18;/h11-14,16H,2-10,18H2,1H3,(H,19,22);1H. The number of rotatable bonds is 3. The topological polar surface area (TPSA) is 75.4 Å². The normalized spacial score (nSPS) is 36.3. The van der Waals surface area contributed by atoms with Crippen molar-refractivity contribution in [2.45, 2.75) is 64.0 Å². The average Bonchev–Trinajstić information content (AvgIpc) is 2.94. The van der Waals surface area contributed by atoms with Gasteiger partial charge in [0.25, 0.3) is 0 Å². The molecule has 0 aromatic rings. The lowest BCUT2D eigenvalue weighted by atomic mass is 9.65. The van der Waals surface area contributed by atoms with Crippen LogP contribution >= 0.6 is 12.4 Å². The third-order valence-corrected chi connectivity index (χ3v) is 5.97. The maximum Gasteiger partial charge on any atom is 0.223 e. The number of nitrogens with two attached hydrogens (primary N) is 1. The van der Waals surface area contributed by atoms with Gasteiger partial charge in [0.15, 0.2) is 0 Å². The maximum atomic E-state index is 12.6. The van der Waals surface area contributed by atoms with Crippen LogP contribution in [0, 0.1) is 17.8 Å². The minimum absolute atomic E-state index is 0. The molecule has 1 saturated heterocycles. The molecule has 23 heavy (non-hydrogen) atoms. The zero-order valence-corrected chi connectivity index (χ0v) is 14.8. The SMILES string of the molecule is CCC(=O)N1CCC(NC(=O)C2CC3CCCC(C2)C3N)C1.Cl. The van der Waals surface area contributed by atoms with E-state index in [4.69, 9.17) is 5.73 Å². The number of fused-ring (bicyclic) bond motifs is 2. The van der Waals surface area contributed by atoms with E-state index in [1.807, 2.05) is 11.8 Å². The molecule has 2 saturated carbocycles. The molecule has 3 fully saturated rings. The second-order valence-electron chi connectivity index (χ2n) is 7.38. The van der Waals surface area contributed by atoms with Crippen LogP contribution in [0.15, 0.2) is 0 Å². The number of amides is 2. The quantitative estimate of drug-likeness (QED) is 0.818. The van der Waals surface area contributed by atoms with Crippen LogP contribution in [0.1, 0.15) is 51.9 Å². The van der Waals surface area contributed by atoms with E-state index in [0.29, 0.717) is 30.8 Å². The van der Waals surface area contributed by atoms with Gasteiger partial charge in [-0.05, 0) is 43.9 Å². The third-order valence-electron chi connectivity index (χ3n) is 5.97. The van der Waals surface area contributed by atoms with Gasteiger partial charge in [-0.25, -0.2) is 0 Å². The number of carbonyl (C=O) groups is 2. The average molecular weight is 344 g/mol. The number of halogens is 1. The molecule has 5 nitrogen and oxygen atoms in total. The van der Waals surface area contributed by atoms with Gasteiger partial charge >= 0.3 is 0 Å². The summed E-state index contributed by atoms with van der Waals surface area (Å²) >= 11 is 0. The molecule has 6 heteroatoms. The first-order valence-corrected chi connectivity index (χ1v) is 8.92. The predicted octanol–water partition coefficient (Wildman–Crippen LogP) is 1.69. The van der Waals surface area contributed by atoms with Gasteiger partial charge < -0.3 is 16.0 Å². The first-order chi connectivity index (χ1) is 10.6. The maximum absolute atomic E-state index is 12.6. The molecule has 3 unspecified atom stereocenters. The van der Waals surface area contributed by atoms with Crippen molar-refractivity contribution in [3.63, 3.8) is 0 Å². The number of carbonyl (C=O) groups excluding carboxylic acids is 2. The van der Waals surface area contributed by atoms with E-state index in [1.165, 1.54) is 19.3 Å².